The smallest absolute Gasteiger partial charge is 0.307 e. The number of alkyl halides is 1. The Kier molecular flexibility index (Phi) is 4.36. The number of halogens is 1. The van der Waals surface area contributed by atoms with Gasteiger partial charge in [-0.3, -0.25) is 4.79 Å². The minimum absolute atomic E-state index is 0.0622. The summed E-state index contributed by atoms with van der Waals surface area (Å²) in [5.74, 6) is -0.445. The number of rotatable bonds is 3. The Bertz CT molecular complexity index is 98.6. The molecule has 0 aromatic carbocycles. The quantitative estimate of drug-likeness (QED) is 0.466. The molecule has 0 atom stereocenters. The molecule has 0 aromatic heterocycles. The second kappa shape index (κ2) is 4.65. The fourth-order valence-corrected chi connectivity index (χ4v) is 0.373. The Labute approximate surface area is 52.8 Å². The first-order valence-corrected chi connectivity index (χ1v) is 2.73. The van der Waals surface area contributed by atoms with Crippen LogP contribution in [0.3, 0.4) is 0 Å². The predicted octanol–water partition coefficient (Wildman–Crippen LogP) is 1.26. The molecule has 8 heavy (non-hydrogen) atoms. The van der Waals surface area contributed by atoms with Gasteiger partial charge in [0.1, 0.15) is 0 Å². The topological polar surface area (TPSA) is 37.3 Å². The molecule has 0 aliphatic carbocycles. The van der Waals surface area contributed by atoms with Crippen molar-refractivity contribution in [1.29, 1.82) is 0 Å². The maximum absolute atomic E-state index is 9.78. The Balaban J connectivity index is 3.16. The zero-order valence-corrected chi connectivity index (χ0v) is 5.06. The maximum atomic E-state index is 9.78. The van der Waals surface area contributed by atoms with Gasteiger partial charge < -0.3 is 5.11 Å². The van der Waals surface area contributed by atoms with Gasteiger partial charge in [0, 0.05) is 5.88 Å². The second-order valence-electron chi connectivity index (χ2n) is 1.22. The van der Waals surface area contributed by atoms with Crippen LogP contribution in [-0.2, 0) is 4.79 Å². The molecule has 0 spiro atoms. The van der Waals surface area contributed by atoms with Crippen LogP contribution in [-0.4, -0.2) is 17.0 Å². The Hall–Kier alpha value is -0.500. The van der Waals surface area contributed by atoms with Gasteiger partial charge in [0.15, 0.2) is 0 Å². The van der Waals surface area contributed by atoms with Crippen LogP contribution < -0.4 is 0 Å². The standard InChI is InChI=1S/C5H7ClO2/c6-4-2-1-3-5(7)8/h1-2H,3-4H2,(H,7,8)/b2-1+. The molecule has 2 nitrogen and oxygen atoms in total. The van der Waals surface area contributed by atoms with Gasteiger partial charge >= 0.3 is 5.97 Å². The molecular formula is C5H7ClO2. The highest BCUT2D eigenvalue weighted by molar-refractivity contribution is 6.18. The van der Waals surface area contributed by atoms with E-state index in [1.165, 1.54) is 6.08 Å². The van der Waals surface area contributed by atoms with E-state index < -0.39 is 5.97 Å². The van der Waals surface area contributed by atoms with Crippen molar-refractivity contribution in [2.45, 2.75) is 6.42 Å². The number of carboxylic acids is 1. The molecule has 0 saturated carbocycles. The lowest BCUT2D eigenvalue weighted by Gasteiger charge is -1.79. The second-order valence-corrected chi connectivity index (χ2v) is 1.53. The zero-order valence-electron chi connectivity index (χ0n) is 4.30. The van der Waals surface area contributed by atoms with E-state index in [0.717, 1.165) is 0 Å². The first-order chi connectivity index (χ1) is 3.77. The monoisotopic (exact) mass is 134 g/mol. The van der Waals surface area contributed by atoms with E-state index in [-0.39, 0.29) is 6.42 Å². The number of hydrogen-bond acceptors (Lipinski definition) is 1. The summed E-state index contributed by atoms with van der Waals surface area (Å²) in [6.45, 7) is 0. The van der Waals surface area contributed by atoms with Crippen molar-refractivity contribution in [2.75, 3.05) is 5.88 Å². The molecule has 0 amide bonds. The SMILES string of the molecule is O=C(O)C/C=C/CCl. The molecule has 3 heteroatoms. The van der Waals surface area contributed by atoms with Crippen LogP contribution in [0.4, 0.5) is 0 Å². The Morgan fingerprint density at radius 3 is 2.62 bits per heavy atom. The van der Waals surface area contributed by atoms with Crippen LogP contribution in [0.15, 0.2) is 12.2 Å². The van der Waals surface area contributed by atoms with Gasteiger partial charge in [0.25, 0.3) is 0 Å². The highest BCUT2D eigenvalue weighted by Crippen LogP contribution is 1.83. The number of aliphatic carboxylic acids is 1. The van der Waals surface area contributed by atoms with E-state index in [1.54, 1.807) is 6.08 Å². The van der Waals surface area contributed by atoms with Crippen LogP contribution in [0.5, 0.6) is 0 Å². The molecule has 0 aliphatic rings. The molecule has 0 aliphatic heterocycles. The van der Waals surface area contributed by atoms with E-state index in [4.69, 9.17) is 16.7 Å². The lowest BCUT2D eigenvalue weighted by atomic mass is 10.4. The van der Waals surface area contributed by atoms with Gasteiger partial charge in [0.05, 0.1) is 6.42 Å². The normalized spacial score (nSPS) is 10.1. The third-order valence-corrected chi connectivity index (χ3v) is 0.726. The van der Waals surface area contributed by atoms with Gasteiger partial charge in [-0.05, 0) is 0 Å². The van der Waals surface area contributed by atoms with Crippen LogP contribution in [0, 0.1) is 0 Å². The number of hydrogen-bond donors (Lipinski definition) is 1. The summed E-state index contributed by atoms with van der Waals surface area (Å²) < 4.78 is 0. The van der Waals surface area contributed by atoms with Gasteiger partial charge in [-0.1, -0.05) is 12.2 Å². The fourth-order valence-electron chi connectivity index (χ4n) is 0.247. The molecule has 0 heterocycles. The van der Waals surface area contributed by atoms with E-state index in [0.29, 0.717) is 5.88 Å². The molecule has 0 fully saturated rings. The fraction of sp³-hybridized carbons (Fsp3) is 0.400. The number of allylic oxidation sites excluding steroid dienone is 1. The van der Waals surface area contributed by atoms with E-state index >= 15 is 0 Å². The predicted molar refractivity (Wildman–Crippen MR) is 32.1 cm³/mol. The van der Waals surface area contributed by atoms with Crippen molar-refractivity contribution in [2.24, 2.45) is 0 Å². The van der Waals surface area contributed by atoms with Crippen molar-refractivity contribution in [3.05, 3.63) is 12.2 Å². The van der Waals surface area contributed by atoms with Crippen molar-refractivity contribution in [3.8, 4) is 0 Å². The minimum atomic E-state index is -0.827. The van der Waals surface area contributed by atoms with Gasteiger partial charge in [-0.25, -0.2) is 0 Å². The van der Waals surface area contributed by atoms with Crippen LogP contribution >= 0.6 is 11.6 Å². The van der Waals surface area contributed by atoms with Crippen LogP contribution in [0.25, 0.3) is 0 Å². The van der Waals surface area contributed by atoms with Crippen molar-refractivity contribution in [1.82, 2.24) is 0 Å². The number of carboxylic acid groups (broad SMARTS) is 1. The molecule has 0 unspecified atom stereocenters. The first-order valence-electron chi connectivity index (χ1n) is 2.20. The average Bonchev–Trinajstić information content (AvgIpc) is 1.66. The van der Waals surface area contributed by atoms with E-state index in [2.05, 4.69) is 0 Å². The molecular weight excluding hydrogens is 128 g/mol. The largest absolute Gasteiger partial charge is 0.481 e. The first kappa shape index (κ1) is 7.50. The summed E-state index contributed by atoms with van der Waals surface area (Å²) in [5, 5.41) is 8.05. The number of carbonyl (C=O) groups is 1. The zero-order chi connectivity index (χ0) is 6.41. The van der Waals surface area contributed by atoms with Gasteiger partial charge in [-0.2, -0.15) is 0 Å². The highest BCUT2D eigenvalue weighted by Gasteiger charge is 1.86. The molecule has 46 valence electrons. The van der Waals surface area contributed by atoms with Gasteiger partial charge in [-0.15, -0.1) is 11.6 Å². The van der Waals surface area contributed by atoms with Crippen molar-refractivity contribution < 1.29 is 9.90 Å². The maximum Gasteiger partial charge on any atom is 0.307 e. The third-order valence-electron chi connectivity index (χ3n) is 0.548. The Morgan fingerprint density at radius 1 is 1.62 bits per heavy atom. The van der Waals surface area contributed by atoms with Crippen molar-refractivity contribution >= 4 is 17.6 Å². The third kappa shape index (κ3) is 5.50. The summed E-state index contributed by atoms with van der Waals surface area (Å²) >= 11 is 5.21. The average molecular weight is 135 g/mol. The molecule has 0 rings (SSSR count). The Morgan fingerprint density at radius 2 is 2.25 bits per heavy atom. The minimum Gasteiger partial charge on any atom is -0.481 e. The lowest BCUT2D eigenvalue weighted by molar-refractivity contribution is -0.135. The molecule has 0 saturated heterocycles. The summed E-state index contributed by atoms with van der Waals surface area (Å²) in [6.07, 6.45) is 3.19. The van der Waals surface area contributed by atoms with Crippen LogP contribution in [0.1, 0.15) is 6.42 Å². The summed E-state index contributed by atoms with van der Waals surface area (Å²) in [4.78, 5) is 9.78. The van der Waals surface area contributed by atoms with Crippen molar-refractivity contribution in [3.63, 3.8) is 0 Å². The highest BCUT2D eigenvalue weighted by atomic mass is 35.5. The molecule has 0 bridgehead atoms. The van der Waals surface area contributed by atoms with E-state index in [1.807, 2.05) is 0 Å². The molecule has 0 radical (unpaired) electrons. The van der Waals surface area contributed by atoms with Crippen LogP contribution in [0.2, 0.25) is 0 Å². The molecule has 1 N–H and O–H groups in total. The summed E-state index contributed by atoms with van der Waals surface area (Å²) in [5.41, 5.74) is 0. The summed E-state index contributed by atoms with van der Waals surface area (Å²) in [7, 11) is 0. The summed E-state index contributed by atoms with van der Waals surface area (Å²) in [6, 6.07) is 0. The molecule has 0 aromatic rings. The van der Waals surface area contributed by atoms with Gasteiger partial charge in [0.2, 0.25) is 0 Å². The van der Waals surface area contributed by atoms with E-state index in [9.17, 15) is 4.79 Å². The lowest BCUT2D eigenvalue weighted by Crippen LogP contribution is -1.89.